The van der Waals surface area contributed by atoms with Crippen molar-refractivity contribution >= 4 is 22.6 Å². The maximum Gasteiger partial charge on any atom is 0.256 e. The van der Waals surface area contributed by atoms with Crippen LogP contribution in [0.3, 0.4) is 0 Å². The monoisotopic (exact) mass is 414 g/mol. The Labute approximate surface area is 179 Å². The fourth-order valence-corrected chi connectivity index (χ4v) is 3.82. The van der Waals surface area contributed by atoms with Crippen molar-refractivity contribution in [2.45, 2.75) is 13.3 Å². The Morgan fingerprint density at radius 1 is 1.03 bits per heavy atom. The van der Waals surface area contributed by atoms with Crippen LogP contribution in [0.25, 0.3) is 22.3 Å². The normalized spacial score (nSPS) is 13.1. The van der Waals surface area contributed by atoms with E-state index in [0.717, 1.165) is 28.8 Å². The molecule has 2 aromatic heterocycles. The largest absolute Gasteiger partial charge is 0.490 e. The number of nitrogens with zero attached hydrogens (tertiary/aromatic N) is 3. The zero-order valence-corrected chi connectivity index (χ0v) is 17.4. The van der Waals surface area contributed by atoms with Crippen molar-refractivity contribution in [2.24, 2.45) is 7.05 Å². The minimum atomic E-state index is -0.227. The van der Waals surface area contributed by atoms with Crippen LogP contribution in [0.15, 0.2) is 54.6 Å². The molecule has 7 nitrogen and oxygen atoms in total. The van der Waals surface area contributed by atoms with Crippen molar-refractivity contribution in [3.8, 4) is 22.8 Å². The lowest BCUT2D eigenvalue weighted by molar-refractivity contribution is 0.102. The molecule has 1 aliphatic heterocycles. The molecule has 1 aliphatic rings. The number of hydrogen-bond donors (Lipinski definition) is 1. The van der Waals surface area contributed by atoms with Gasteiger partial charge in [-0.05, 0) is 25.1 Å². The van der Waals surface area contributed by atoms with Gasteiger partial charge in [0, 0.05) is 30.8 Å². The number of ether oxygens (including phenoxy) is 2. The van der Waals surface area contributed by atoms with Crippen LogP contribution < -0.4 is 14.8 Å². The summed E-state index contributed by atoms with van der Waals surface area (Å²) in [5.41, 5.74) is 4.26. The van der Waals surface area contributed by atoms with Gasteiger partial charge in [0.2, 0.25) is 0 Å². The first-order chi connectivity index (χ1) is 15.1. The number of rotatable bonds is 3. The Morgan fingerprint density at radius 3 is 2.61 bits per heavy atom. The molecule has 2 aromatic carbocycles. The topological polar surface area (TPSA) is 78.3 Å². The highest BCUT2D eigenvalue weighted by Crippen LogP contribution is 2.33. The number of aromatic nitrogens is 3. The standard InChI is InChI=1S/C24H22N4O3/c1-15-22-18(14-19(16-7-4-3-5-8-16)26-23(22)28(2)27-15)24(29)25-17-9-10-20-21(13-17)31-12-6-11-30-20/h3-5,7-10,13-14H,6,11-12H2,1-2H3,(H,25,29). The highest BCUT2D eigenvalue weighted by Gasteiger charge is 2.20. The van der Waals surface area contributed by atoms with Gasteiger partial charge in [0.05, 0.1) is 35.6 Å². The predicted octanol–water partition coefficient (Wildman–Crippen LogP) is 4.36. The molecule has 31 heavy (non-hydrogen) atoms. The summed E-state index contributed by atoms with van der Waals surface area (Å²) in [6.45, 7) is 3.09. The quantitative estimate of drug-likeness (QED) is 0.539. The number of carbonyl (C=O) groups excluding carboxylic acids is 1. The molecule has 0 saturated carbocycles. The van der Waals surface area contributed by atoms with E-state index in [1.54, 1.807) is 10.7 Å². The van der Waals surface area contributed by atoms with Gasteiger partial charge in [0.1, 0.15) is 0 Å². The minimum absolute atomic E-state index is 0.227. The summed E-state index contributed by atoms with van der Waals surface area (Å²) in [5.74, 6) is 1.10. The number of carbonyl (C=O) groups is 1. The molecule has 0 aliphatic carbocycles. The van der Waals surface area contributed by atoms with Gasteiger partial charge in [0.25, 0.3) is 5.91 Å². The Hall–Kier alpha value is -3.87. The summed E-state index contributed by atoms with van der Waals surface area (Å²) in [6.07, 6.45) is 0.827. The van der Waals surface area contributed by atoms with Gasteiger partial charge < -0.3 is 14.8 Å². The van der Waals surface area contributed by atoms with Crippen molar-refractivity contribution in [2.75, 3.05) is 18.5 Å². The lowest BCUT2D eigenvalue weighted by Crippen LogP contribution is -2.13. The van der Waals surface area contributed by atoms with E-state index in [9.17, 15) is 4.79 Å². The van der Waals surface area contributed by atoms with E-state index >= 15 is 0 Å². The van der Waals surface area contributed by atoms with Crippen molar-refractivity contribution < 1.29 is 14.3 Å². The first-order valence-corrected chi connectivity index (χ1v) is 10.2. The summed E-state index contributed by atoms with van der Waals surface area (Å²) in [7, 11) is 1.84. The Kier molecular flexibility index (Phi) is 4.78. The number of fused-ring (bicyclic) bond motifs is 2. The van der Waals surface area contributed by atoms with Crippen LogP contribution in [0.1, 0.15) is 22.5 Å². The molecule has 0 bridgehead atoms. The van der Waals surface area contributed by atoms with Gasteiger partial charge in [-0.25, -0.2) is 4.98 Å². The third kappa shape index (κ3) is 3.59. The zero-order chi connectivity index (χ0) is 21.4. The number of hydrogen-bond acceptors (Lipinski definition) is 5. The average Bonchev–Trinajstić information content (AvgIpc) is 2.94. The third-order valence-electron chi connectivity index (χ3n) is 5.29. The third-order valence-corrected chi connectivity index (χ3v) is 5.29. The molecule has 0 saturated heterocycles. The Morgan fingerprint density at radius 2 is 1.81 bits per heavy atom. The lowest BCUT2D eigenvalue weighted by atomic mass is 10.0. The van der Waals surface area contributed by atoms with Crippen LogP contribution in [0, 0.1) is 6.92 Å². The molecule has 0 fully saturated rings. The number of aryl methyl sites for hydroxylation is 2. The predicted molar refractivity (Wildman–Crippen MR) is 119 cm³/mol. The van der Waals surface area contributed by atoms with Crippen molar-refractivity contribution in [3.63, 3.8) is 0 Å². The Balaban J connectivity index is 1.56. The van der Waals surface area contributed by atoms with E-state index in [-0.39, 0.29) is 5.91 Å². The summed E-state index contributed by atoms with van der Waals surface area (Å²) in [6, 6.07) is 17.1. The Bertz CT molecular complexity index is 1280. The van der Waals surface area contributed by atoms with E-state index in [1.165, 1.54) is 0 Å². The van der Waals surface area contributed by atoms with Gasteiger partial charge in [-0.3, -0.25) is 9.48 Å². The number of pyridine rings is 1. The lowest BCUT2D eigenvalue weighted by Gasteiger charge is -2.12. The molecule has 1 N–H and O–H groups in total. The van der Waals surface area contributed by atoms with Crippen molar-refractivity contribution in [1.29, 1.82) is 0 Å². The van der Waals surface area contributed by atoms with Crippen LogP contribution in [0.4, 0.5) is 5.69 Å². The van der Waals surface area contributed by atoms with Gasteiger partial charge in [-0.15, -0.1) is 0 Å². The van der Waals surface area contributed by atoms with Gasteiger partial charge in [-0.1, -0.05) is 30.3 Å². The fraction of sp³-hybridized carbons (Fsp3) is 0.208. The van der Waals surface area contributed by atoms with E-state index in [2.05, 4.69) is 10.4 Å². The number of anilines is 1. The second kappa shape index (κ2) is 7.75. The van der Waals surface area contributed by atoms with E-state index in [4.69, 9.17) is 14.5 Å². The molecular formula is C24H22N4O3. The molecular weight excluding hydrogens is 392 g/mol. The van der Waals surface area contributed by atoms with Gasteiger partial charge >= 0.3 is 0 Å². The molecule has 5 rings (SSSR count). The molecule has 7 heteroatoms. The molecule has 4 aromatic rings. The van der Waals surface area contributed by atoms with Gasteiger partial charge in [-0.2, -0.15) is 5.10 Å². The maximum atomic E-state index is 13.4. The molecule has 0 unspecified atom stereocenters. The molecule has 0 radical (unpaired) electrons. The summed E-state index contributed by atoms with van der Waals surface area (Å²) >= 11 is 0. The number of nitrogens with one attached hydrogen (secondary N) is 1. The maximum absolute atomic E-state index is 13.4. The fourth-order valence-electron chi connectivity index (χ4n) is 3.82. The van der Waals surface area contributed by atoms with Crippen LogP contribution in [-0.2, 0) is 7.05 Å². The van der Waals surface area contributed by atoms with Crippen molar-refractivity contribution in [1.82, 2.24) is 14.8 Å². The highest BCUT2D eigenvalue weighted by atomic mass is 16.5. The first kappa shape index (κ1) is 19.1. The van der Waals surface area contributed by atoms with Gasteiger partial charge in [0.15, 0.2) is 17.1 Å². The zero-order valence-electron chi connectivity index (χ0n) is 17.4. The summed E-state index contributed by atoms with van der Waals surface area (Å²) in [5, 5.41) is 8.22. The molecule has 1 amide bonds. The molecule has 156 valence electrons. The van der Waals surface area contributed by atoms with Crippen molar-refractivity contribution in [3.05, 3.63) is 65.9 Å². The summed E-state index contributed by atoms with van der Waals surface area (Å²) in [4.78, 5) is 18.1. The minimum Gasteiger partial charge on any atom is -0.490 e. The SMILES string of the molecule is Cc1nn(C)c2nc(-c3ccccc3)cc(C(=O)Nc3ccc4c(c3)OCCCO4)c12. The van der Waals surface area contributed by atoms with Crippen LogP contribution >= 0.6 is 0 Å². The van der Waals surface area contributed by atoms with Crippen LogP contribution in [0.5, 0.6) is 11.5 Å². The average molecular weight is 414 g/mol. The first-order valence-electron chi connectivity index (χ1n) is 10.2. The van der Waals surface area contributed by atoms with E-state index in [0.29, 0.717) is 41.6 Å². The summed E-state index contributed by atoms with van der Waals surface area (Å²) < 4.78 is 13.1. The number of benzene rings is 2. The van der Waals surface area contributed by atoms with E-state index < -0.39 is 0 Å². The second-order valence-electron chi connectivity index (χ2n) is 7.49. The number of amides is 1. The van der Waals surface area contributed by atoms with Crippen LogP contribution in [-0.4, -0.2) is 33.9 Å². The highest BCUT2D eigenvalue weighted by molar-refractivity contribution is 6.13. The van der Waals surface area contributed by atoms with Crippen LogP contribution in [0.2, 0.25) is 0 Å². The smallest absolute Gasteiger partial charge is 0.256 e. The van der Waals surface area contributed by atoms with E-state index in [1.807, 2.05) is 62.5 Å². The molecule has 3 heterocycles. The molecule has 0 spiro atoms. The second-order valence-corrected chi connectivity index (χ2v) is 7.49. The molecule has 0 atom stereocenters.